The first-order valence-electron chi connectivity index (χ1n) is 18.9. The number of hydrogen-bond acceptors (Lipinski definition) is 6. The number of carbonyl (C=O) groups is 1. The second-order valence-corrected chi connectivity index (χ2v) is 16.1. The smallest absolute Gasteiger partial charge is 0.316 e. The number of piperidine rings is 3. The minimum atomic E-state index is -1.11. The SMILES string of the molecule is CC=C1CN(C)[C@H]2Cc3c([nH]c4ccccc34)[C@@H](c3cc4[nH]c5c(c4cc3OC)CCN3C[C@H]4C[C@H](CC)[C@H]3[C@H]5C4)C[C@H]1[C@]2(CO)C(=O)OC. The first kappa shape index (κ1) is 32.3. The number of aliphatic hydroxyl groups excluding tert-OH is 1. The quantitative estimate of drug-likeness (QED) is 0.165. The number of fused-ring (bicyclic) bond motifs is 9. The number of aliphatic hydroxyl groups is 1. The number of hydrogen-bond donors (Lipinski definition) is 3. The van der Waals surface area contributed by atoms with Crippen molar-refractivity contribution in [3.8, 4) is 5.75 Å². The Kier molecular flexibility index (Phi) is 7.75. The van der Waals surface area contributed by atoms with Gasteiger partial charge in [-0.15, -0.1) is 0 Å². The molecule has 2 aromatic heterocycles. The molecule has 50 heavy (non-hydrogen) atoms. The van der Waals surface area contributed by atoms with E-state index in [9.17, 15) is 9.90 Å². The summed E-state index contributed by atoms with van der Waals surface area (Å²) in [5.74, 6) is 2.33. The average Bonchev–Trinajstić information content (AvgIpc) is 3.66. The first-order chi connectivity index (χ1) is 24.3. The molecule has 8 heteroatoms. The number of likely N-dealkylation sites (tertiary alicyclic amines) is 1. The van der Waals surface area contributed by atoms with E-state index >= 15 is 0 Å². The van der Waals surface area contributed by atoms with E-state index < -0.39 is 5.41 Å². The number of methoxy groups -OCH3 is 2. The lowest BCUT2D eigenvalue weighted by Gasteiger charge is -2.53. The normalized spacial score (nSPS) is 34.2. The summed E-state index contributed by atoms with van der Waals surface area (Å²) >= 11 is 0. The number of likely N-dealkylation sites (N-methyl/N-ethyl adjacent to an activating group) is 1. The number of carbonyl (C=O) groups excluding carboxylic acids is 1. The van der Waals surface area contributed by atoms with Crippen LogP contribution in [0.15, 0.2) is 48.0 Å². The van der Waals surface area contributed by atoms with Gasteiger partial charge in [-0.3, -0.25) is 14.6 Å². The van der Waals surface area contributed by atoms with Crippen LogP contribution >= 0.6 is 0 Å². The predicted octanol–water partition coefficient (Wildman–Crippen LogP) is 6.52. The van der Waals surface area contributed by atoms with Gasteiger partial charge in [0.05, 0.1) is 20.8 Å². The van der Waals surface area contributed by atoms with Crippen LogP contribution in [-0.4, -0.2) is 90.4 Å². The van der Waals surface area contributed by atoms with Crippen molar-refractivity contribution in [2.45, 2.75) is 76.3 Å². The van der Waals surface area contributed by atoms with E-state index in [4.69, 9.17) is 9.47 Å². The Hall–Kier alpha value is -3.59. The van der Waals surface area contributed by atoms with Crippen LogP contribution in [0.1, 0.15) is 79.4 Å². The van der Waals surface area contributed by atoms with Gasteiger partial charge >= 0.3 is 5.97 Å². The molecule has 0 radical (unpaired) electrons. The number of aromatic nitrogens is 2. The maximum absolute atomic E-state index is 14.1. The molecule has 264 valence electrons. The third kappa shape index (κ3) is 4.43. The number of H-pyrrole nitrogens is 2. The third-order valence-corrected chi connectivity index (χ3v) is 14.1. The van der Waals surface area contributed by atoms with E-state index in [1.165, 1.54) is 77.3 Å². The maximum Gasteiger partial charge on any atom is 0.316 e. The molecule has 4 aliphatic heterocycles. The summed E-state index contributed by atoms with van der Waals surface area (Å²) in [7, 11) is 5.34. The zero-order chi connectivity index (χ0) is 34.5. The molecule has 1 unspecified atom stereocenters. The summed E-state index contributed by atoms with van der Waals surface area (Å²) in [6, 6.07) is 13.6. The van der Waals surface area contributed by atoms with Crippen LogP contribution in [0, 0.1) is 23.2 Å². The molecule has 2 aromatic carbocycles. The lowest BCUT2D eigenvalue weighted by atomic mass is 9.58. The minimum absolute atomic E-state index is 0.106. The Labute approximate surface area is 295 Å². The monoisotopic (exact) mass is 676 g/mol. The van der Waals surface area contributed by atoms with Crippen LogP contribution in [0.4, 0.5) is 0 Å². The molecule has 4 aromatic rings. The number of rotatable bonds is 5. The number of ether oxygens (including phenoxy) is 2. The molecule has 0 spiro atoms. The highest BCUT2D eigenvalue weighted by molar-refractivity contribution is 5.89. The van der Waals surface area contributed by atoms with Gasteiger partial charge in [-0.2, -0.15) is 0 Å². The Morgan fingerprint density at radius 2 is 1.88 bits per heavy atom. The fourth-order valence-electron chi connectivity index (χ4n) is 12.0. The number of para-hydroxylation sites is 1. The summed E-state index contributed by atoms with van der Waals surface area (Å²) in [5.41, 5.74) is 8.77. The number of benzene rings is 2. The summed E-state index contributed by atoms with van der Waals surface area (Å²) in [6.07, 6.45) is 8.39. The van der Waals surface area contributed by atoms with Crippen LogP contribution < -0.4 is 4.74 Å². The van der Waals surface area contributed by atoms with Gasteiger partial charge in [-0.05, 0) is 87.2 Å². The Bertz CT molecular complexity index is 2010. The lowest BCUT2D eigenvalue weighted by Crippen LogP contribution is -2.63. The average molecular weight is 677 g/mol. The summed E-state index contributed by atoms with van der Waals surface area (Å²) in [5, 5.41) is 13.8. The molecule has 3 saturated heterocycles. The van der Waals surface area contributed by atoms with Gasteiger partial charge in [0.2, 0.25) is 0 Å². The molecule has 6 heterocycles. The Balaban J connectivity index is 1.25. The van der Waals surface area contributed by atoms with E-state index in [1.807, 2.05) is 0 Å². The summed E-state index contributed by atoms with van der Waals surface area (Å²) in [6.45, 7) is 7.29. The number of esters is 1. The van der Waals surface area contributed by atoms with Crippen LogP contribution in [0.2, 0.25) is 0 Å². The van der Waals surface area contributed by atoms with Crippen molar-refractivity contribution < 1.29 is 19.4 Å². The molecule has 6 aliphatic rings. The number of allylic oxidation sites excluding steroid dienone is 1. The molecule has 3 N–H and O–H groups in total. The van der Waals surface area contributed by atoms with Gasteiger partial charge < -0.3 is 24.5 Å². The molecule has 10 rings (SSSR count). The minimum Gasteiger partial charge on any atom is -0.496 e. The van der Waals surface area contributed by atoms with Crippen LogP contribution in [-0.2, 0) is 22.4 Å². The molecule has 9 atom stereocenters. The fraction of sp³-hybridized carbons (Fsp3) is 0.548. The van der Waals surface area contributed by atoms with Crippen molar-refractivity contribution in [3.05, 3.63) is 76.1 Å². The van der Waals surface area contributed by atoms with Crippen molar-refractivity contribution in [3.63, 3.8) is 0 Å². The van der Waals surface area contributed by atoms with E-state index in [2.05, 4.69) is 83.1 Å². The number of aromatic amines is 2. The van der Waals surface area contributed by atoms with Crippen molar-refractivity contribution >= 4 is 27.8 Å². The second kappa shape index (κ2) is 12.0. The molecular weight excluding hydrogens is 624 g/mol. The van der Waals surface area contributed by atoms with E-state index in [-0.39, 0.29) is 30.5 Å². The first-order valence-corrected chi connectivity index (χ1v) is 18.9. The molecule has 6 bridgehead atoms. The molecule has 0 amide bonds. The fourth-order valence-corrected chi connectivity index (χ4v) is 12.0. The zero-order valence-electron chi connectivity index (χ0n) is 30.2. The maximum atomic E-state index is 14.1. The Morgan fingerprint density at radius 1 is 1.06 bits per heavy atom. The van der Waals surface area contributed by atoms with Gasteiger partial charge in [0.1, 0.15) is 11.2 Å². The van der Waals surface area contributed by atoms with E-state index in [0.29, 0.717) is 24.8 Å². The van der Waals surface area contributed by atoms with Gasteiger partial charge in [0.15, 0.2) is 0 Å². The lowest BCUT2D eigenvalue weighted by molar-refractivity contribution is -0.169. The highest BCUT2D eigenvalue weighted by Gasteiger charge is 2.59. The summed E-state index contributed by atoms with van der Waals surface area (Å²) in [4.78, 5) is 27.1. The van der Waals surface area contributed by atoms with Crippen LogP contribution in [0.3, 0.4) is 0 Å². The summed E-state index contributed by atoms with van der Waals surface area (Å²) < 4.78 is 11.9. The number of nitrogens with zero attached hydrogens (tertiary/aromatic N) is 2. The molecule has 1 saturated carbocycles. The van der Waals surface area contributed by atoms with Crippen molar-refractivity contribution in [1.82, 2.24) is 19.8 Å². The zero-order valence-corrected chi connectivity index (χ0v) is 30.2. The van der Waals surface area contributed by atoms with E-state index in [0.717, 1.165) is 48.2 Å². The Morgan fingerprint density at radius 3 is 2.64 bits per heavy atom. The highest BCUT2D eigenvalue weighted by Crippen LogP contribution is 2.55. The van der Waals surface area contributed by atoms with E-state index in [1.54, 1.807) is 7.11 Å². The van der Waals surface area contributed by atoms with Crippen LogP contribution in [0.25, 0.3) is 21.8 Å². The van der Waals surface area contributed by atoms with Gasteiger partial charge in [-0.1, -0.05) is 43.2 Å². The number of nitrogens with one attached hydrogen (secondary N) is 2. The standard InChI is InChI=1S/C42H52N4O4/c1-6-24-14-23-15-32-38-27(12-13-46(20-23)40(24)32)28-18-36(49-4)29(17-35(28)44-38)30-16-33-25(7-2)21-45(3)37(42(33,22-47)41(48)50-5)19-31-26-10-8-9-11-34(26)43-39(30)31/h7-11,17-18,23-24,30,32-33,37,40,43-44,47H,6,12-16,19-22H2,1-5H3/t23-,24-,30+,32-,33+,37-,40-,42-/m0/s1. The molecule has 4 fully saturated rings. The van der Waals surface area contributed by atoms with Gasteiger partial charge in [-0.25, -0.2) is 0 Å². The van der Waals surface area contributed by atoms with Crippen molar-refractivity contribution in [2.24, 2.45) is 23.2 Å². The topological polar surface area (TPSA) is 93.8 Å². The second-order valence-electron chi connectivity index (χ2n) is 16.1. The molecular formula is C42H52N4O4. The molecule has 2 aliphatic carbocycles. The van der Waals surface area contributed by atoms with Crippen molar-refractivity contribution in [2.75, 3.05) is 47.5 Å². The third-order valence-electron chi connectivity index (χ3n) is 14.1. The van der Waals surface area contributed by atoms with Crippen molar-refractivity contribution in [1.29, 1.82) is 0 Å². The van der Waals surface area contributed by atoms with Gasteiger partial charge in [0.25, 0.3) is 0 Å². The van der Waals surface area contributed by atoms with Crippen LogP contribution in [0.5, 0.6) is 5.75 Å². The van der Waals surface area contributed by atoms with Gasteiger partial charge in [0, 0.05) is 88.2 Å². The molecule has 8 nitrogen and oxygen atoms in total. The largest absolute Gasteiger partial charge is 0.496 e. The predicted molar refractivity (Wildman–Crippen MR) is 197 cm³/mol. The highest BCUT2D eigenvalue weighted by atomic mass is 16.5.